The number of pyridine rings is 1. The van der Waals surface area contributed by atoms with Crippen LogP contribution >= 0.6 is 11.8 Å². The van der Waals surface area contributed by atoms with Gasteiger partial charge in [-0.25, -0.2) is 0 Å². The predicted octanol–water partition coefficient (Wildman–Crippen LogP) is 3.91. The molecule has 1 N–H and O–H groups in total. The highest BCUT2D eigenvalue weighted by atomic mass is 32.2. The number of aromatic nitrogens is 5. The minimum Gasteiger partial charge on any atom is -0.322 e. The summed E-state index contributed by atoms with van der Waals surface area (Å²) in [4.78, 5) is 17.8. The summed E-state index contributed by atoms with van der Waals surface area (Å²) < 4.78 is 1.62. The van der Waals surface area contributed by atoms with Gasteiger partial charge >= 0.3 is 0 Å². The lowest BCUT2D eigenvalue weighted by atomic mass is 10.2. The molecule has 144 valence electrons. The summed E-state index contributed by atoms with van der Waals surface area (Å²) in [7, 11) is 0. The van der Waals surface area contributed by atoms with Crippen molar-refractivity contribution in [1.29, 1.82) is 0 Å². The van der Waals surface area contributed by atoms with E-state index in [-0.39, 0.29) is 5.91 Å². The normalized spacial score (nSPS) is 10.7. The lowest BCUT2D eigenvalue weighted by molar-refractivity contribution is 0.102. The van der Waals surface area contributed by atoms with Crippen LogP contribution in [0.25, 0.3) is 5.69 Å². The SMILES string of the molecule is Cc1nnnn1-c1cccc(NC(=O)c2ccc(SCc3cccnc3)cc2)c1. The molecule has 0 unspecified atom stereocenters. The number of benzene rings is 2. The van der Waals surface area contributed by atoms with E-state index < -0.39 is 0 Å². The van der Waals surface area contributed by atoms with Crippen molar-refractivity contribution in [3.8, 4) is 5.69 Å². The number of amides is 1. The molecule has 0 aliphatic heterocycles. The van der Waals surface area contributed by atoms with E-state index in [1.165, 1.54) is 0 Å². The third kappa shape index (κ3) is 4.67. The number of rotatable bonds is 6. The molecule has 2 heterocycles. The summed E-state index contributed by atoms with van der Waals surface area (Å²) in [5, 5.41) is 14.4. The summed E-state index contributed by atoms with van der Waals surface area (Å²) in [5.74, 6) is 1.34. The highest BCUT2D eigenvalue weighted by molar-refractivity contribution is 7.98. The van der Waals surface area contributed by atoms with Crippen molar-refractivity contribution in [1.82, 2.24) is 25.2 Å². The van der Waals surface area contributed by atoms with Crippen molar-refractivity contribution in [3.05, 3.63) is 90.0 Å². The summed E-state index contributed by atoms with van der Waals surface area (Å²) in [6.45, 7) is 1.82. The van der Waals surface area contributed by atoms with Crippen LogP contribution in [0.4, 0.5) is 5.69 Å². The van der Waals surface area contributed by atoms with Crippen LogP contribution in [0, 0.1) is 6.92 Å². The van der Waals surface area contributed by atoms with Gasteiger partial charge in [0.1, 0.15) is 0 Å². The first-order chi connectivity index (χ1) is 14.2. The van der Waals surface area contributed by atoms with Crippen LogP contribution in [0.15, 0.2) is 78.0 Å². The third-order valence-electron chi connectivity index (χ3n) is 4.22. The molecule has 4 aromatic rings. The second kappa shape index (κ2) is 8.66. The van der Waals surface area contributed by atoms with Gasteiger partial charge in [0.25, 0.3) is 5.91 Å². The van der Waals surface area contributed by atoms with Gasteiger partial charge in [0, 0.05) is 34.3 Å². The van der Waals surface area contributed by atoms with Crippen molar-refractivity contribution >= 4 is 23.4 Å². The molecule has 2 aromatic carbocycles. The van der Waals surface area contributed by atoms with Crippen LogP contribution in [0.1, 0.15) is 21.7 Å². The zero-order valence-corrected chi connectivity index (χ0v) is 16.5. The number of hydrogen-bond donors (Lipinski definition) is 1. The molecule has 0 atom stereocenters. The molecule has 8 heteroatoms. The fourth-order valence-electron chi connectivity index (χ4n) is 2.74. The minimum atomic E-state index is -0.167. The average molecular weight is 402 g/mol. The van der Waals surface area contributed by atoms with E-state index in [0.29, 0.717) is 17.1 Å². The highest BCUT2D eigenvalue weighted by Crippen LogP contribution is 2.23. The van der Waals surface area contributed by atoms with Crippen LogP contribution in [0.3, 0.4) is 0 Å². The van der Waals surface area contributed by atoms with E-state index >= 15 is 0 Å². The molecule has 0 radical (unpaired) electrons. The molecular formula is C21H18N6OS. The molecule has 0 spiro atoms. The number of anilines is 1. The van der Waals surface area contributed by atoms with Crippen LogP contribution in [0.2, 0.25) is 0 Å². The number of aryl methyl sites for hydroxylation is 1. The quantitative estimate of drug-likeness (QED) is 0.492. The molecule has 29 heavy (non-hydrogen) atoms. The number of nitrogens with one attached hydrogen (secondary N) is 1. The number of carbonyl (C=O) groups is 1. The van der Waals surface area contributed by atoms with E-state index in [9.17, 15) is 4.79 Å². The Labute approximate surface area is 172 Å². The van der Waals surface area contributed by atoms with Gasteiger partial charge < -0.3 is 5.32 Å². The number of thioether (sulfide) groups is 1. The number of carbonyl (C=O) groups excluding carboxylic acids is 1. The Hall–Kier alpha value is -3.52. The second-order valence-corrected chi connectivity index (χ2v) is 7.37. The van der Waals surface area contributed by atoms with E-state index in [2.05, 4.69) is 25.8 Å². The van der Waals surface area contributed by atoms with Crippen LogP contribution in [0.5, 0.6) is 0 Å². The average Bonchev–Trinajstić information content (AvgIpc) is 3.19. The van der Waals surface area contributed by atoms with Crippen molar-refractivity contribution in [2.45, 2.75) is 17.6 Å². The lowest BCUT2D eigenvalue weighted by Crippen LogP contribution is -2.12. The van der Waals surface area contributed by atoms with E-state index in [0.717, 1.165) is 21.9 Å². The van der Waals surface area contributed by atoms with Gasteiger partial charge in [0.15, 0.2) is 5.82 Å². The van der Waals surface area contributed by atoms with Crippen molar-refractivity contribution in [2.24, 2.45) is 0 Å². The molecule has 7 nitrogen and oxygen atoms in total. The highest BCUT2D eigenvalue weighted by Gasteiger charge is 2.09. The van der Waals surface area contributed by atoms with Gasteiger partial charge in [-0.3, -0.25) is 9.78 Å². The summed E-state index contributed by atoms with van der Waals surface area (Å²) in [5.41, 5.74) is 3.22. The Morgan fingerprint density at radius 1 is 1.10 bits per heavy atom. The number of nitrogens with zero attached hydrogens (tertiary/aromatic N) is 5. The molecule has 0 aliphatic carbocycles. The molecule has 0 saturated heterocycles. The molecule has 0 fully saturated rings. The monoisotopic (exact) mass is 402 g/mol. The molecule has 0 aliphatic rings. The smallest absolute Gasteiger partial charge is 0.255 e. The van der Waals surface area contributed by atoms with Gasteiger partial charge in [-0.15, -0.1) is 16.9 Å². The summed E-state index contributed by atoms with van der Waals surface area (Å²) in [6, 6.07) is 18.9. The largest absolute Gasteiger partial charge is 0.322 e. The van der Waals surface area contributed by atoms with Crippen LogP contribution < -0.4 is 5.32 Å². The standard InChI is InChI=1S/C21H18N6OS/c1-15-24-25-26-27(15)19-6-2-5-18(12-19)23-21(28)17-7-9-20(10-8-17)29-14-16-4-3-11-22-13-16/h2-13H,14H2,1H3,(H,23,28). The summed E-state index contributed by atoms with van der Waals surface area (Å²) >= 11 is 1.71. The lowest BCUT2D eigenvalue weighted by Gasteiger charge is -2.08. The van der Waals surface area contributed by atoms with E-state index in [4.69, 9.17) is 0 Å². The fraction of sp³-hybridized carbons (Fsp3) is 0.0952. The van der Waals surface area contributed by atoms with Crippen molar-refractivity contribution in [3.63, 3.8) is 0 Å². The Morgan fingerprint density at radius 2 is 1.97 bits per heavy atom. The van der Waals surface area contributed by atoms with Gasteiger partial charge in [0.2, 0.25) is 0 Å². The Balaban J connectivity index is 1.40. The van der Waals surface area contributed by atoms with Gasteiger partial charge in [-0.2, -0.15) is 4.68 Å². The van der Waals surface area contributed by atoms with Crippen LogP contribution in [-0.4, -0.2) is 31.1 Å². The van der Waals surface area contributed by atoms with E-state index in [1.807, 2.05) is 73.8 Å². The topological polar surface area (TPSA) is 85.6 Å². The first-order valence-electron chi connectivity index (χ1n) is 8.97. The Bertz CT molecular complexity index is 1110. The predicted molar refractivity (Wildman–Crippen MR) is 112 cm³/mol. The molecule has 1 amide bonds. The zero-order chi connectivity index (χ0) is 20.1. The fourth-order valence-corrected chi connectivity index (χ4v) is 3.57. The summed E-state index contributed by atoms with van der Waals surface area (Å²) in [6.07, 6.45) is 3.63. The van der Waals surface area contributed by atoms with Crippen molar-refractivity contribution < 1.29 is 4.79 Å². The molecule has 2 aromatic heterocycles. The molecule has 0 saturated carbocycles. The Morgan fingerprint density at radius 3 is 2.69 bits per heavy atom. The number of tetrazole rings is 1. The first kappa shape index (κ1) is 18.8. The van der Waals surface area contributed by atoms with Crippen molar-refractivity contribution in [2.75, 3.05) is 5.32 Å². The maximum atomic E-state index is 12.6. The first-order valence-corrected chi connectivity index (χ1v) is 9.96. The second-order valence-electron chi connectivity index (χ2n) is 6.32. The molecule has 4 rings (SSSR count). The minimum absolute atomic E-state index is 0.167. The molecular weight excluding hydrogens is 384 g/mol. The van der Waals surface area contributed by atoms with E-state index in [1.54, 1.807) is 22.6 Å². The maximum Gasteiger partial charge on any atom is 0.255 e. The maximum absolute atomic E-state index is 12.6. The van der Waals surface area contributed by atoms with Gasteiger partial charge in [-0.05, 0) is 71.4 Å². The van der Waals surface area contributed by atoms with Crippen LogP contribution in [-0.2, 0) is 5.75 Å². The zero-order valence-electron chi connectivity index (χ0n) is 15.7. The Kier molecular flexibility index (Phi) is 5.62. The number of hydrogen-bond acceptors (Lipinski definition) is 6. The molecule has 0 bridgehead atoms. The van der Waals surface area contributed by atoms with Gasteiger partial charge in [0.05, 0.1) is 5.69 Å². The van der Waals surface area contributed by atoms with Gasteiger partial charge in [-0.1, -0.05) is 12.1 Å². The third-order valence-corrected chi connectivity index (χ3v) is 5.30.